The minimum atomic E-state index is 0. The zero-order valence-corrected chi connectivity index (χ0v) is 6.67. The van der Waals surface area contributed by atoms with E-state index in [1.807, 2.05) is 0 Å². The third kappa shape index (κ3) is 204. The third-order valence-corrected chi connectivity index (χ3v) is 0. The maximum atomic E-state index is 0. The van der Waals surface area contributed by atoms with E-state index in [9.17, 15) is 0 Å². The van der Waals surface area contributed by atoms with Gasteiger partial charge in [-0.15, -0.1) is 37.2 Å². The van der Waals surface area contributed by atoms with Gasteiger partial charge in [0.1, 0.15) is 0 Å². The average molecular weight is 286 g/mol. The molecule has 12 N–H and O–H groups in total. The zero-order chi connectivity index (χ0) is 0. The van der Waals surface area contributed by atoms with Crippen LogP contribution in [-0.2, 0) is 0 Å². The van der Waals surface area contributed by atoms with Crippen molar-refractivity contribution in [2.75, 3.05) is 0 Å². The molecule has 11 heteroatoms. The van der Waals surface area contributed by atoms with Gasteiger partial charge in [0.15, 0.2) is 0 Å². The second kappa shape index (κ2) is 244. The van der Waals surface area contributed by atoms with E-state index in [0.717, 1.165) is 0 Å². The first-order valence-corrected chi connectivity index (χ1v) is 0. The summed E-state index contributed by atoms with van der Waals surface area (Å²) in [5.41, 5.74) is 0. The third-order valence-electron chi connectivity index (χ3n) is 0. The summed E-state index contributed by atoms with van der Waals surface area (Å²) < 4.78 is 0. The molecule has 6 nitrogen and oxygen atoms in total. The normalized spacial score (nSPS) is 0. The standard InChI is InChI=1S/Ca.3ClH.Mg.6H2O.4H/h;3*1H;;6*1H2;;;;. The molecule has 0 heterocycles. The fourth-order valence-corrected chi connectivity index (χ4v) is 0. The molecule has 0 saturated heterocycles. The molecule has 0 rings (SSSR count). The summed E-state index contributed by atoms with van der Waals surface area (Å²) in [4.78, 5) is 0. The zero-order valence-electron chi connectivity index (χ0n) is 4.22. The largest absolute Gasteiger partial charge is 0.316 e. The number of halogens is 3. The predicted molar refractivity (Wildman–Crippen MR) is 60.5 cm³/mol. The van der Waals surface area contributed by atoms with Crippen molar-refractivity contribution >= 4 is 98.0 Å². The van der Waals surface area contributed by atoms with Gasteiger partial charge in [-0.2, -0.15) is 0 Å². The van der Waals surface area contributed by atoms with E-state index in [0.29, 0.717) is 0 Å². The predicted octanol–water partition coefficient (Wildman–Crippen LogP) is -5.52. The molecule has 0 aliphatic carbocycles. The van der Waals surface area contributed by atoms with Crippen LogP contribution in [0.2, 0.25) is 0 Å². The van der Waals surface area contributed by atoms with Gasteiger partial charge in [0.2, 0.25) is 0 Å². The smallest absolute Gasteiger partial charge is 0.316 e. The van der Waals surface area contributed by atoms with Crippen molar-refractivity contribution in [2.24, 2.45) is 0 Å². The molecule has 0 aromatic rings. The Kier molecular flexibility index (Phi) is 6870. The molecule has 0 aliphatic heterocycles. The van der Waals surface area contributed by atoms with Gasteiger partial charge in [-0.25, -0.2) is 0 Å². The molecule has 0 aliphatic rings. The summed E-state index contributed by atoms with van der Waals surface area (Å²) in [7, 11) is 0. The Labute approximate surface area is 129 Å². The number of rotatable bonds is 0. The average Bonchev–Trinajstić information content (AvgIpc) is 0. The fourth-order valence-electron chi connectivity index (χ4n) is 0. The molecule has 11 heavy (non-hydrogen) atoms. The summed E-state index contributed by atoms with van der Waals surface area (Å²) >= 11 is 0. The summed E-state index contributed by atoms with van der Waals surface area (Å²) in [6.45, 7) is 0. The topological polar surface area (TPSA) is 189 Å². The van der Waals surface area contributed by atoms with Crippen LogP contribution in [0.3, 0.4) is 0 Å². The van der Waals surface area contributed by atoms with Crippen molar-refractivity contribution in [1.82, 2.24) is 0 Å². The van der Waals surface area contributed by atoms with Crippen LogP contribution in [0.15, 0.2) is 0 Å². The van der Waals surface area contributed by atoms with E-state index >= 15 is 0 Å². The summed E-state index contributed by atoms with van der Waals surface area (Å²) in [5.74, 6) is 0. The van der Waals surface area contributed by atoms with E-state index < -0.39 is 0 Å². The first kappa shape index (κ1) is 310. The molecule has 80 valence electrons. The van der Waals surface area contributed by atoms with Crippen molar-refractivity contribution in [3.8, 4) is 0 Å². The van der Waals surface area contributed by atoms with Crippen LogP contribution >= 0.6 is 37.2 Å². The van der Waals surface area contributed by atoms with Gasteiger partial charge < -0.3 is 32.9 Å². The monoisotopic (exact) mass is 284 g/mol. The molecular weight excluding hydrogens is 267 g/mol. The van der Waals surface area contributed by atoms with Crippen LogP contribution in [0.4, 0.5) is 0 Å². The molecule has 0 aromatic carbocycles. The van der Waals surface area contributed by atoms with Crippen LogP contribution in [0.25, 0.3) is 0 Å². The van der Waals surface area contributed by atoms with Crippen molar-refractivity contribution in [3.63, 3.8) is 0 Å². The fraction of sp³-hybridized carbons (Fsp3) is 0. The Morgan fingerprint density at radius 1 is 0.364 bits per heavy atom. The van der Waals surface area contributed by atoms with Gasteiger partial charge in [-0.3, -0.25) is 0 Å². The molecule has 0 aromatic heterocycles. The first-order chi connectivity index (χ1) is 0. The molecular formula is H19CaCl3MgO6. The molecule has 0 unspecified atom stereocenters. The van der Waals surface area contributed by atoms with Crippen LogP contribution in [-0.4, -0.2) is 93.6 Å². The molecule has 0 atom stereocenters. The molecule has 0 spiro atoms. The molecule has 0 saturated carbocycles. The summed E-state index contributed by atoms with van der Waals surface area (Å²) in [5, 5.41) is 0. The van der Waals surface area contributed by atoms with E-state index in [1.54, 1.807) is 0 Å². The minimum Gasteiger partial charge on any atom is 0.316 e. The second-order valence-corrected chi connectivity index (χ2v) is 0. The Morgan fingerprint density at radius 2 is 0.364 bits per heavy atom. The Balaban J connectivity index is 0. The Hall–Kier alpha value is 2.66. The van der Waals surface area contributed by atoms with Crippen LogP contribution in [0.5, 0.6) is 0 Å². The van der Waals surface area contributed by atoms with Gasteiger partial charge in [0.05, 0.1) is 0 Å². The summed E-state index contributed by atoms with van der Waals surface area (Å²) in [6, 6.07) is 0. The molecule has 0 fully saturated rings. The SMILES string of the molecule is Cl.Cl.Cl.O.O.O.O.O.O.[CaH2].[MgH2]. The van der Waals surface area contributed by atoms with E-state index in [1.165, 1.54) is 0 Å². The summed E-state index contributed by atoms with van der Waals surface area (Å²) in [6.07, 6.45) is 0. The van der Waals surface area contributed by atoms with Crippen LogP contribution in [0.1, 0.15) is 0 Å². The van der Waals surface area contributed by atoms with Crippen molar-refractivity contribution < 1.29 is 32.9 Å². The second-order valence-electron chi connectivity index (χ2n) is 0. The molecule has 0 amide bonds. The van der Waals surface area contributed by atoms with Gasteiger partial charge in [-0.05, 0) is 0 Å². The van der Waals surface area contributed by atoms with E-state index in [4.69, 9.17) is 0 Å². The van der Waals surface area contributed by atoms with Crippen LogP contribution in [0, 0.1) is 0 Å². The van der Waals surface area contributed by atoms with E-state index in [-0.39, 0.29) is 131 Å². The maximum Gasteiger partial charge on any atom is 0.316 e. The van der Waals surface area contributed by atoms with Crippen molar-refractivity contribution in [3.05, 3.63) is 0 Å². The van der Waals surface area contributed by atoms with Crippen LogP contribution < -0.4 is 0 Å². The van der Waals surface area contributed by atoms with Crippen molar-refractivity contribution in [1.29, 1.82) is 0 Å². The van der Waals surface area contributed by atoms with Gasteiger partial charge in [0.25, 0.3) is 0 Å². The Morgan fingerprint density at radius 3 is 0.364 bits per heavy atom. The quantitative estimate of drug-likeness (QED) is 0.384. The van der Waals surface area contributed by atoms with E-state index in [2.05, 4.69) is 0 Å². The number of hydrogen-bond donors (Lipinski definition) is 0. The molecule has 0 radical (unpaired) electrons. The Bertz CT molecular complexity index is 17.8. The van der Waals surface area contributed by atoms with Gasteiger partial charge in [0, 0.05) is 0 Å². The number of hydrogen-bond acceptors (Lipinski definition) is 0. The molecule has 0 bridgehead atoms. The van der Waals surface area contributed by atoms with Crippen molar-refractivity contribution in [2.45, 2.75) is 0 Å². The van der Waals surface area contributed by atoms with Gasteiger partial charge in [-0.1, -0.05) is 0 Å². The minimum absolute atomic E-state index is 0. The maximum absolute atomic E-state index is 0. The first-order valence-electron chi connectivity index (χ1n) is 0. The van der Waals surface area contributed by atoms with Gasteiger partial charge >= 0.3 is 60.8 Å².